The number of aliphatic carboxylic acids is 1. The predicted molar refractivity (Wildman–Crippen MR) is 245 cm³/mol. The van der Waals surface area contributed by atoms with Gasteiger partial charge in [-0.1, -0.05) is 59.6 Å². The number of nitrogens with zero attached hydrogens (tertiary/aromatic N) is 4. The number of pyridine rings is 1. The highest BCUT2D eigenvalue weighted by Crippen LogP contribution is 2.47. The number of benzene rings is 1. The Morgan fingerprint density at radius 3 is 2.39 bits per heavy atom. The summed E-state index contributed by atoms with van der Waals surface area (Å²) < 4.78 is 24.4. The number of hydrogen-bond donors (Lipinski definition) is 4. The van der Waals surface area contributed by atoms with Crippen molar-refractivity contribution >= 4 is 62.8 Å². The summed E-state index contributed by atoms with van der Waals surface area (Å²) in [6, 6.07) is 3.35. The van der Waals surface area contributed by atoms with E-state index in [1.165, 1.54) is 16.2 Å². The lowest BCUT2D eigenvalue weighted by molar-refractivity contribution is -0.146. The molecule has 0 spiro atoms. The summed E-state index contributed by atoms with van der Waals surface area (Å²) in [4.78, 5) is 68.7. The second-order valence-electron chi connectivity index (χ2n) is 19.4. The van der Waals surface area contributed by atoms with E-state index in [2.05, 4.69) is 34.7 Å². The second kappa shape index (κ2) is 19.6. The molecule has 4 heterocycles. The van der Waals surface area contributed by atoms with Gasteiger partial charge in [-0.25, -0.2) is 19.6 Å². The van der Waals surface area contributed by atoms with Crippen molar-refractivity contribution < 1.29 is 43.2 Å². The van der Waals surface area contributed by atoms with Gasteiger partial charge in [0.25, 0.3) is 0 Å². The van der Waals surface area contributed by atoms with E-state index in [-0.39, 0.29) is 37.5 Å². The predicted octanol–water partition coefficient (Wildman–Crippen LogP) is 6.84. The molecule has 1 aromatic carbocycles. The van der Waals surface area contributed by atoms with Crippen LogP contribution in [-0.4, -0.2) is 131 Å². The minimum atomic E-state index is -1.42. The van der Waals surface area contributed by atoms with Crippen molar-refractivity contribution in [3.63, 3.8) is 0 Å². The van der Waals surface area contributed by atoms with E-state index in [4.69, 9.17) is 40.5 Å². The van der Waals surface area contributed by atoms with Gasteiger partial charge in [0.2, 0.25) is 11.8 Å². The zero-order chi connectivity index (χ0) is 46.1. The van der Waals surface area contributed by atoms with Gasteiger partial charge in [-0.3, -0.25) is 14.5 Å². The SMILES string of the molecule is CCC1C[C@]1(NC(=O)[C@@H]1C[C@@H](Oc2cc(-c3csc(NC(C)C)n3)nc3c(Cl)c(OCCN4CCOCC4)ccc23)CN1C(=O)[C@@H](NC(=O)OC1CC(C)[C@@H](C)C1)C(C)(C)C)C(=O)O. The summed E-state index contributed by atoms with van der Waals surface area (Å²) in [5.41, 5.74) is -0.714. The van der Waals surface area contributed by atoms with E-state index in [1.807, 2.05) is 53.0 Å². The first kappa shape index (κ1) is 47.5. The molecule has 16 nitrogen and oxygen atoms in total. The van der Waals surface area contributed by atoms with Crippen molar-refractivity contribution in [3.8, 4) is 22.9 Å². The Morgan fingerprint density at radius 1 is 1.03 bits per heavy atom. The standard InChI is InChI=1S/C46H64ClN7O9S/c1-9-28-22-46(28,42(57)58)52-40(55)34-20-30(23-54(34)41(56)39(45(6,7)8)51-44(59)63-29-18-26(4)27(5)19-29)62-36-21-32(33-24-64-43(50-33)48-25(2)3)49-38-31(36)10-11-35(37(38)47)61-17-14-53-12-15-60-16-13-53/h10-11,21,24-30,34,39H,9,12-20,22-23H2,1-8H3,(H,48,50)(H,51,59)(H,52,55)(H,57,58)/t26-,27?,28?,29?,30+,34-,39+,46+/m0/s1. The van der Waals surface area contributed by atoms with Gasteiger partial charge in [0.1, 0.15) is 58.7 Å². The Kier molecular flexibility index (Phi) is 14.5. The van der Waals surface area contributed by atoms with Crippen molar-refractivity contribution in [1.82, 2.24) is 30.4 Å². The van der Waals surface area contributed by atoms with E-state index in [0.717, 1.165) is 31.1 Å². The number of aromatic nitrogens is 2. The third-order valence-corrected chi connectivity index (χ3v) is 14.3. The number of likely N-dealkylation sites (tertiary alicyclic amines) is 1. The van der Waals surface area contributed by atoms with Gasteiger partial charge < -0.3 is 44.9 Å². The zero-order valence-electron chi connectivity index (χ0n) is 38.2. The fourth-order valence-corrected chi connectivity index (χ4v) is 10.2. The van der Waals surface area contributed by atoms with E-state index >= 15 is 0 Å². The average Bonchev–Trinajstić information content (AvgIpc) is 3.47. The summed E-state index contributed by atoms with van der Waals surface area (Å²) in [5, 5.41) is 22.7. The molecule has 2 saturated heterocycles. The van der Waals surface area contributed by atoms with Gasteiger partial charge in [0, 0.05) is 48.9 Å². The smallest absolute Gasteiger partial charge is 0.408 e. The summed E-state index contributed by atoms with van der Waals surface area (Å²) >= 11 is 8.56. The highest BCUT2D eigenvalue weighted by molar-refractivity contribution is 7.14. The normalized spacial score (nSPS) is 26.4. The van der Waals surface area contributed by atoms with Crippen molar-refractivity contribution in [2.75, 3.05) is 51.3 Å². The molecule has 3 amide bonds. The molecule has 0 bridgehead atoms. The lowest BCUT2D eigenvalue weighted by atomic mass is 9.85. The van der Waals surface area contributed by atoms with Crippen molar-refractivity contribution in [2.24, 2.45) is 23.2 Å². The number of morpholine rings is 1. The van der Waals surface area contributed by atoms with E-state index in [0.29, 0.717) is 83.4 Å². The number of carboxylic acid groups (broad SMARTS) is 1. The maximum Gasteiger partial charge on any atom is 0.408 e. The summed E-state index contributed by atoms with van der Waals surface area (Å²) in [6.45, 7) is 19.8. The molecule has 7 rings (SSSR count). The van der Waals surface area contributed by atoms with Crippen LogP contribution in [0.15, 0.2) is 23.6 Å². The van der Waals surface area contributed by atoms with Crippen LogP contribution in [-0.2, 0) is 23.9 Å². The Hall–Kier alpha value is -4.45. The van der Waals surface area contributed by atoms with E-state index < -0.39 is 53.0 Å². The molecule has 2 saturated carbocycles. The monoisotopic (exact) mass is 925 g/mol. The number of alkyl carbamates (subject to hydrolysis) is 1. The number of rotatable bonds is 16. The van der Waals surface area contributed by atoms with Crippen LogP contribution in [0.4, 0.5) is 9.93 Å². The van der Waals surface area contributed by atoms with Crippen molar-refractivity contribution in [2.45, 2.75) is 123 Å². The maximum absolute atomic E-state index is 14.9. The third-order valence-electron chi connectivity index (χ3n) is 13.2. The molecule has 350 valence electrons. The Balaban J connectivity index is 1.20. The highest BCUT2D eigenvalue weighted by Gasteiger charge is 2.61. The molecule has 4 fully saturated rings. The summed E-state index contributed by atoms with van der Waals surface area (Å²) in [6.07, 6.45) is 0.650. The molecule has 4 N–H and O–H groups in total. The average molecular weight is 927 g/mol. The van der Waals surface area contributed by atoms with Gasteiger partial charge in [0.15, 0.2) is 5.13 Å². The van der Waals surface area contributed by atoms with E-state index in [1.54, 1.807) is 12.1 Å². The van der Waals surface area contributed by atoms with E-state index in [9.17, 15) is 24.3 Å². The number of carbonyl (C=O) groups excluding carboxylic acids is 3. The van der Waals surface area contributed by atoms with Gasteiger partial charge >= 0.3 is 12.1 Å². The van der Waals surface area contributed by atoms with Crippen LogP contribution in [0.2, 0.25) is 5.02 Å². The largest absolute Gasteiger partial charge is 0.491 e. The lowest BCUT2D eigenvalue weighted by Crippen LogP contribution is -2.59. The molecule has 18 heteroatoms. The first-order valence-corrected chi connectivity index (χ1v) is 23.9. The van der Waals surface area contributed by atoms with Crippen LogP contribution in [0.3, 0.4) is 0 Å². The minimum absolute atomic E-state index is 0.0378. The van der Waals surface area contributed by atoms with Crippen molar-refractivity contribution in [1.29, 1.82) is 0 Å². The van der Waals surface area contributed by atoms with Crippen LogP contribution < -0.4 is 25.4 Å². The van der Waals surface area contributed by atoms with Crippen LogP contribution in [0.1, 0.15) is 87.5 Å². The quantitative estimate of drug-likeness (QED) is 0.117. The molecular weight excluding hydrogens is 862 g/mol. The second-order valence-corrected chi connectivity index (χ2v) is 20.6. The maximum atomic E-state index is 14.9. The number of carboxylic acids is 1. The number of carbonyl (C=O) groups is 4. The zero-order valence-corrected chi connectivity index (χ0v) is 39.8. The topological polar surface area (TPSA) is 194 Å². The minimum Gasteiger partial charge on any atom is -0.491 e. The molecule has 8 atom stereocenters. The molecule has 2 aliphatic heterocycles. The van der Waals surface area contributed by atoms with Gasteiger partial charge in [0.05, 0.1) is 31.0 Å². The Labute approximate surface area is 384 Å². The molecule has 64 heavy (non-hydrogen) atoms. The number of thiazole rings is 1. The number of hydrogen-bond acceptors (Lipinski definition) is 13. The van der Waals surface area contributed by atoms with Crippen LogP contribution in [0.25, 0.3) is 22.3 Å². The molecule has 3 aromatic rings. The Morgan fingerprint density at radius 2 is 1.75 bits per heavy atom. The summed E-state index contributed by atoms with van der Waals surface area (Å²) in [5.74, 6) is -0.806. The van der Waals surface area contributed by atoms with Gasteiger partial charge in [-0.05, 0) is 68.4 Å². The third kappa shape index (κ3) is 10.6. The van der Waals surface area contributed by atoms with Crippen LogP contribution >= 0.6 is 22.9 Å². The molecule has 3 unspecified atom stereocenters. The number of amides is 3. The number of halogens is 1. The molecule has 2 aromatic heterocycles. The molecule has 4 aliphatic rings. The summed E-state index contributed by atoms with van der Waals surface area (Å²) in [7, 11) is 0. The number of ether oxygens (including phenoxy) is 4. The fraction of sp³-hybridized carbons (Fsp3) is 0.652. The first-order chi connectivity index (χ1) is 30.4. The van der Waals surface area contributed by atoms with Crippen molar-refractivity contribution in [3.05, 3.63) is 28.6 Å². The highest BCUT2D eigenvalue weighted by atomic mass is 35.5. The van der Waals surface area contributed by atoms with Gasteiger partial charge in [-0.15, -0.1) is 11.3 Å². The molecular formula is C46H64ClN7O9S. The molecule has 0 radical (unpaired) electrons. The number of nitrogens with one attached hydrogen (secondary N) is 3. The fourth-order valence-electron chi connectivity index (χ4n) is 9.12. The Bertz CT molecular complexity index is 2190. The number of fused-ring (bicyclic) bond motifs is 1. The van der Waals surface area contributed by atoms with Gasteiger partial charge in [-0.2, -0.15) is 0 Å². The van der Waals surface area contributed by atoms with Crippen LogP contribution in [0.5, 0.6) is 11.5 Å². The molecule has 2 aliphatic carbocycles. The first-order valence-electron chi connectivity index (χ1n) is 22.6. The van der Waals surface area contributed by atoms with Crippen LogP contribution in [0, 0.1) is 23.2 Å². The number of anilines is 1. The lowest BCUT2D eigenvalue weighted by Gasteiger charge is -2.35.